The molecule has 0 aromatic heterocycles. The normalized spacial score (nSPS) is 18.0. The van der Waals surface area contributed by atoms with E-state index < -0.39 is 5.60 Å². The van der Waals surface area contributed by atoms with Crippen LogP contribution in [-0.4, -0.2) is 71.5 Å². The van der Waals surface area contributed by atoms with E-state index in [9.17, 15) is 9.59 Å². The predicted octanol–water partition coefficient (Wildman–Crippen LogP) is 2.58. The van der Waals surface area contributed by atoms with Gasteiger partial charge in [-0.05, 0) is 46.5 Å². The van der Waals surface area contributed by atoms with Crippen LogP contribution in [0.15, 0.2) is 0 Å². The molecule has 0 spiro atoms. The lowest BCUT2D eigenvalue weighted by Gasteiger charge is -2.37. The van der Waals surface area contributed by atoms with Gasteiger partial charge in [-0.25, -0.2) is 9.59 Å². The SMILES string of the molecule is CCCCN(CCO)C(=O)NCC1CCCCN1C(=O)OC(C)(C)C. The average Bonchev–Trinajstić information content (AvgIpc) is 2.55. The second-order valence-corrected chi connectivity index (χ2v) is 7.57. The van der Waals surface area contributed by atoms with Crippen LogP contribution in [0.25, 0.3) is 0 Å². The number of carbonyl (C=O) groups excluding carboxylic acids is 2. The van der Waals surface area contributed by atoms with Crippen LogP contribution in [0.1, 0.15) is 59.8 Å². The summed E-state index contributed by atoms with van der Waals surface area (Å²) in [7, 11) is 0. The molecule has 0 radical (unpaired) electrons. The monoisotopic (exact) mass is 357 g/mol. The van der Waals surface area contributed by atoms with Crippen LogP contribution in [0.4, 0.5) is 9.59 Å². The number of piperidine rings is 1. The summed E-state index contributed by atoms with van der Waals surface area (Å²) in [6.07, 6.45) is 4.43. The number of urea groups is 1. The number of likely N-dealkylation sites (tertiary alicyclic amines) is 1. The van der Waals surface area contributed by atoms with Crippen molar-refractivity contribution in [2.24, 2.45) is 0 Å². The van der Waals surface area contributed by atoms with Crippen molar-refractivity contribution in [1.29, 1.82) is 0 Å². The maximum atomic E-state index is 12.4. The smallest absolute Gasteiger partial charge is 0.410 e. The topological polar surface area (TPSA) is 82.1 Å². The van der Waals surface area contributed by atoms with Crippen LogP contribution in [-0.2, 0) is 4.74 Å². The van der Waals surface area contributed by atoms with Crippen LogP contribution in [0.3, 0.4) is 0 Å². The summed E-state index contributed by atoms with van der Waals surface area (Å²) >= 11 is 0. The Bertz CT molecular complexity index is 423. The number of hydrogen-bond acceptors (Lipinski definition) is 4. The Balaban J connectivity index is 2.58. The van der Waals surface area contributed by atoms with Crippen molar-refractivity contribution >= 4 is 12.1 Å². The molecule has 0 aromatic rings. The molecule has 7 heteroatoms. The van der Waals surface area contributed by atoms with E-state index in [1.165, 1.54) is 0 Å². The van der Waals surface area contributed by atoms with Gasteiger partial charge in [0.15, 0.2) is 0 Å². The Labute approximate surface area is 151 Å². The number of amides is 3. The molecule has 1 fully saturated rings. The number of unbranched alkanes of at least 4 members (excludes halogenated alkanes) is 1. The Morgan fingerprint density at radius 3 is 2.60 bits per heavy atom. The second kappa shape index (κ2) is 10.5. The molecule has 3 amide bonds. The number of carbonyl (C=O) groups is 2. The van der Waals surface area contributed by atoms with E-state index in [4.69, 9.17) is 9.84 Å². The maximum Gasteiger partial charge on any atom is 0.410 e. The van der Waals surface area contributed by atoms with Crippen molar-refractivity contribution < 1.29 is 19.4 Å². The first-order valence-electron chi connectivity index (χ1n) is 9.41. The summed E-state index contributed by atoms with van der Waals surface area (Å²) < 4.78 is 5.48. The molecule has 1 heterocycles. The standard InChI is InChI=1S/C18H35N3O4/c1-5-6-10-20(12-13-22)16(23)19-14-15-9-7-8-11-21(15)17(24)25-18(2,3)4/h15,22H,5-14H2,1-4H3,(H,19,23). The fourth-order valence-corrected chi connectivity index (χ4v) is 2.88. The van der Waals surface area contributed by atoms with Gasteiger partial charge >= 0.3 is 12.1 Å². The zero-order chi connectivity index (χ0) is 18.9. The van der Waals surface area contributed by atoms with Gasteiger partial charge in [-0.3, -0.25) is 0 Å². The zero-order valence-electron chi connectivity index (χ0n) is 16.2. The molecule has 1 unspecified atom stereocenters. The van der Waals surface area contributed by atoms with E-state index in [0.717, 1.165) is 32.1 Å². The van der Waals surface area contributed by atoms with Crippen LogP contribution >= 0.6 is 0 Å². The van der Waals surface area contributed by atoms with E-state index in [1.54, 1.807) is 9.80 Å². The number of aliphatic hydroxyl groups excluding tert-OH is 1. The Hall–Kier alpha value is -1.50. The first-order chi connectivity index (χ1) is 11.8. The summed E-state index contributed by atoms with van der Waals surface area (Å²) in [5.41, 5.74) is -0.527. The molecule has 0 aliphatic carbocycles. The zero-order valence-corrected chi connectivity index (χ0v) is 16.2. The van der Waals surface area contributed by atoms with Gasteiger partial charge in [-0.2, -0.15) is 0 Å². The predicted molar refractivity (Wildman–Crippen MR) is 97.5 cm³/mol. The molecule has 1 rings (SSSR count). The molecule has 1 atom stereocenters. The Morgan fingerprint density at radius 2 is 2.00 bits per heavy atom. The van der Waals surface area contributed by atoms with Crippen molar-refractivity contribution in [3.63, 3.8) is 0 Å². The van der Waals surface area contributed by atoms with E-state index in [-0.39, 0.29) is 24.8 Å². The molecule has 2 N–H and O–H groups in total. The highest BCUT2D eigenvalue weighted by Crippen LogP contribution is 2.20. The summed E-state index contributed by atoms with van der Waals surface area (Å²) in [6.45, 7) is 9.60. The van der Waals surface area contributed by atoms with Gasteiger partial charge in [0.05, 0.1) is 12.6 Å². The third kappa shape index (κ3) is 7.94. The third-order valence-electron chi connectivity index (χ3n) is 4.18. The molecular weight excluding hydrogens is 322 g/mol. The van der Waals surface area contributed by atoms with Crippen molar-refractivity contribution in [2.75, 3.05) is 32.8 Å². The van der Waals surface area contributed by atoms with Crippen molar-refractivity contribution in [3.05, 3.63) is 0 Å². The molecule has 0 bridgehead atoms. The number of aliphatic hydroxyl groups is 1. The molecule has 146 valence electrons. The number of rotatable bonds is 7. The van der Waals surface area contributed by atoms with E-state index in [0.29, 0.717) is 26.2 Å². The number of hydrogen-bond donors (Lipinski definition) is 2. The van der Waals surface area contributed by atoms with Gasteiger partial charge < -0.3 is 25.0 Å². The highest BCUT2D eigenvalue weighted by molar-refractivity contribution is 5.74. The van der Waals surface area contributed by atoms with Crippen molar-refractivity contribution in [1.82, 2.24) is 15.1 Å². The van der Waals surface area contributed by atoms with Crippen LogP contribution in [0.5, 0.6) is 0 Å². The minimum atomic E-state index is -0.527. The molecular formula is C18H35N3O4. The van der Waals surface area contributed by atoms with Crippen molar-refractivity contribution in [2.45, 2.75) is 71.4 Å². The summed E-state index contributed by atoms with van der Waals surface area (Å²) in [4.78, 5) is 28.1. The average molecular weight is 357 g/mol. The summed E-state index contributed by atoms with van der Waals surface area (Å²) in [5.74, 6) is 0. The summed E-state index contributed by atoms with van der Waals surface area (Å²) in [5, 5.41) is 12.1. The van der Waals surface area contributed by atoms with Gasteiger partial charge in [0.2, 0.25) is 0 Å². The molecule has 7 nitrogen and oxygen atoms in total. The Morgan fingerprint density at radius 1 is 1.28 bits per heavy atom. The number of nitrogens with zero attached hydrogens (tertiary/aromatic N) is 2. The molecule has 0 aromatic carbocycles. The minimum absolute atomic E-state index is 0.0466. The first kappa shape index (κ1) is 21.5. The van der Waals surface area contributed by atoms with Gasteiger partial charge in [0.25, 0.3) is 0 Å². The van der Waals surface area contributed by atoms with Gasteiger partial charge in [-0.15, -0.1) is 0 Å². The lowest BCUT2D eigenvalue weighted by molar-refractivity contribution is 0.0100. The lowest BCUT2D eigenvalue weighted by Crippen LogP contribution is -2.52. The van der Waals surface area contributed by atoms with E-state index in [2.05, 4.69) is 12.2 Å². The Kier molecular flexibility index (Phi) is 9.03. The summed E-state index contributed by atoms with van der Waals surface area (Å²) in [6, 6.07) is -0.230. The van der Waals surface area contributed by atoms with Crippen LogP contribution in [0.2, 0.25) is 0 Å². The fourth-order valence-electron chi connectivity index (χ4n) is 2.88. The van der Waals surface area contributed by atoms with Crippen LogP contribution < -0.4 is 5.32 Å². The fraction of sp³-hybridized carbons (Fsp3) is 0.889. The third-order valence-corrected chi connectivity index (χ3v) is 4.18. The number of nitrogens with one attached hydrogen (secondary N) is 1. The lowest BCUT2D eigenvalue weighted by atomic mass is 10.0. The first-order valence-corrected chi connectivity index (χ1v) is 9.41. The van der Waals surface area contributed by atoms with Gasteiger partial charge in [0.1, 0.15) is 5.60 Å². The molecule has 1 aliphatic rings. The molecule has 1 saturated heterocycles. The minimum Gasteiger partial charge on any atom is -0.444 e. The van der Waals surface area contributed by atoms with E-state index >= 15 is 0 Å². The molecule has 1 aliphatic heterocycles. The van der Waals surface area contributed by atoms with E-state index in [1.807, 2.05) is 20.8 Å². The quantitative estimate of drug-likeness (QED) is 0.734. The van der Waals surface area contributed by atoms with Crippen LogP contribution in [0, 0.1) is 0 Å². The highest BCUT2D eigenvalue weighted by atomic mass is 16.6. The van der Waals surface area contributed by atoms with Crippen molar-refractivity contribution in [3.8, 4) is 0 Å². The molecule has 25 heavy (non-hydrogen) atoms. The largest absolute Gasteiger partial charge is 0.444 e. The number of ether oxygens (including phenoxy) is 1. The maximum absolute atomic E-state index is 12.4. The van der Waals surface area contributed by atoms with Gasteiger partial charge in [-0.1, -0.05) is 13.3 Å². The highest BCUT2D eigenvalue weighted by Gasteiger charge is 2.30. The molecule has 0 saturated carbocycles. The second-order valence-electron chi connectivity index (χ2n) is 7.57. The van der Waals surface area contributed by atoms with Gasteiger partial charge in [0, 0.05) is 26.2 Å².